The van der Waals surface area contributed by atoms with Gasteiger partial charge in [-0.15, -0.1) is 5.10 Å². The first-order valence-electron chi connectivity index (χ1n) is 9.13. The topological polar surface area (TPSA) is 94.7 Å². The Morgan fingerprint density at radius 3 is 2.62 bits per heavy atom. The van der Waals surface area contributed by atoms with Gasteiger partial charge in [0, 0.05) is 11.8 Å². The molecule has 1 atom stereocenters. The van der Waals surface area contributed by atoms with Crippen LogP contribution in [0.4, 0.5) is 5.13 Å². The Bertz CT molecular complexity index is 1290. The van der Waals surface area contributed by atoms with Crippen LogP contribution in [0.15, 0.2) is 41.2 Å². The smallest absolute Gasteiger partial charge is 0.267 e. The number of rotatable bonds is 4. The maximum Gasteiger partial charge on any atom is 0.267 e. The molecule has 4 aromatic rings. The Balaban J connectivity index is 1.61. The van der Waals surface area contributed by atoms with Crippen LogP contribution in [-0.2, 0) is 4.79 Å². The Morgan fingerprint density at radius 1 is 1.10 bits per heavy atom. The second kappa shape index (κ2) is 7.25. The van der Waals surface area contributed by atoms with Crippen LogP contribution in [0.2, 0.25) is 0 Å². The normalized spacial score (nSPS) is 12.3. The van der Waals surface area contributed by atoms with Gasteiger partial charge in [0.2, 0.25) is 0 Å². The van der Waals surface area contributed by atoms with Crippen molar-refractivity contribution in [1.82, 2.24) is 24.5 Å². The summed E-state index contributed by atoms with van der Waals surface area (Å²) >= 11 is 1.40. The van der Waals surface area contributed by atoms with E-state index in [0.29, 0.717) is 10.9 Å². The molecule has 0 saturated heterocycles. The van der Waals surface area contributed by atoms with E-state index in [1.807, 2.05) is 45.0 Å². The van der Waals surface area contributed by atoms with Crippen LogP contribution in [0, 0.1) is 20.8 Å². The van der Waals surface area contributed by atoms with Gasteiger partial charge in [-0.05, 0) is 57.5 Å². The number of carbonyl (C=O) groups excluding carboxylic acids is 1. The molecule has 0 radical (unpaired) electrons. The maximum absolute atomic E-state index is 12.8. The number of aromatic nitrogens is 5. The fourth-order valence-electron chi connectivity index (χ4n) is 3.07. The predicted molar refractivity (Wildman–Crippen MR) is 113 cm³/mol. The highest BCUT2D eigenvalue weighted by Gasteiger charge is 2.20. The lowest BCUT2D eigenvalue weighted by Gasteiger charge is -2.14. The molecule has 9 heteroatoms. The van der Waals surface area contributed by atoms with E-state index in [2.05, 4.69) is 20.5 Å². The summed E-state index contributed by atoms with van der Waals surface area (Å²) in [4.78, 5) is 29.5. The van der Waals surface area contributed by atoms with Gasteiger partial charge in [0.25, 0.3) is 11.5 Å². The number of hydrogen-bond donors (Lipinski definition) is 1. The number of amides is 1. The Labute approximate surface area is 170 Å². The van der Waals surface area contributed by atoms with Crippen LogP contribution in [0.25, 0.3) is 16.0 Å². The number of fused-ring (bicyclic) bond motifs is 1. The number of hydrogen-bond acceptors (Lipinski definition) is 6. The number of thiazole rings is 1. The highest BCUT2D eigenvalue weighted by molar-refractivity contribution is 7.22. The van der Waals surface area contributed by atoms with Crippen molar-refractivity contribution in [2.45, 2.75) is 33.7 Å². The highest BCUT2D eigenvalue weighted by atomic mass is 32.1. The molecule has 148 valence electrons. The molecule has 4 rings (SSSR count). The van der Waals surface area contributed by atoms with Gasteiger partial charge in [-0.1, -0.05) is 17.4 Å². The van der Waals surface area contributed by atoms with E-state index in [1.54, 1.807) is 17.7 Å². The molecule has 0 bridgehead atoms. The number of anilines is 1. The van der Waals surface area contributed by atoms with Crippen molar-refractivity contribution in [3.05, 3.63) is 63.7 Å². The maximum atomic E-state index is 12.8. The zero-order chi connectivity index (χ0) is 20.7. The molecule has 3 aromatic heterocycles. The molecule has 0 aliphatic heterocycles. The first kappa shape index (κ1) is 19.0. The minimum Gasteiger partial charge on any atom is -0.300 e. The second-order valence-electron chi connectivity index (χ2n) is 6.97. The largest absolute Gasteiger partial charge is 0.300 e. The molecule has 1 amide bonds. The van der Waals surface area contributed by atoms with E-state index in [4.69, 9.17) is 0 Å². The predicted octanol–water partition coefficient (Wildman–Crippen LogP) is 3.16. The van der Waals surface area contributed by atoms with Gasteiger partial charge in [0.05, 0.1) is 15.9 Å². The van der Waals surface area contributed by atoms with Crippen LogP contribution in [0.1, 0.15) is 29.9 Å². The lowest BCUT2D eigenvalue weighted by Crippen LogP contribution is -2.33. The van der Waals surface area contributed by atoms with Gasteiger partial charge >= 0.3 is 0 Å². The van der Waals surface area contributed by atoms with E-state index < -0.39 is 6.04 Å². The molecule has 3 heterocycles. The van der Waals surface area contributed by atoms with Crippen molar-refractivity contribution in [3.8, 4) is 5.82 Å². The molecule has 0 aliphatic rings. The Hall–Kier alpha value is -3.33. The van der Waals surface area contributed by atoms with E-state index in [1.165, 1.54) is 22.1 Å². The molecule has 29 heavy (non-hydrogen) atoms. The van der Waals surface area contributed by atoms with Crippen molar-refractivity contribution in [1.29, 1.82) is 0 Å². The Kier molecular flexibility index (Phi) is 4.75. The third-order valence-electron chi connectivity index (χ3n) is 4.56. The quantitative estimate of drug-likeness (QED) is 0.560. The van der Waals surface area contributed by atoms with Gasteiger partial charge in [-0.3, -0.25) is 9.59 Å². The summed E-state index contributed by atoms with van der Waals surface area (Å²) < 4.78 is 3.81. The molecule has 1 aromatic carbocycles. The van der Waals surface area contributed by atoms with E-state index >= 15 is 0 Å². The first-order valence-corrected chi connectivity index (χ1v) is 9.95. The molecule has 0 saturated carbocycles. The summed E-state index contributed by atoms with van der Waals surface area (Å²) in [5.41, 5.74) is 3.33. The number of nitrogens with zero attached hydrogens (tertiary/aromatic N) is 5. The standard InChI is InChI=1S/C20H20N6O2S/c1-11-5-6-15-16(9-11)29-20(21-15)22-19(28)14(4)26-18(27)8-7-17(24-26)25-13(3)10-12(2)23-25/h5-10,14H,1-4H3,(H,21,22,28). The first-order chi connectivity index (χ1) is 13.8. The monoisotopic (exact) mass is 408 g/mol. The van der Waals surface area contributed by atoms with Crippen LogP contribution >= 0.6 is 11.3 Å². The van der Waals surface area contributed by atoms with Crippen LogP contribution in [0.3, 0.4) is 0 Å². The lowest BCUT2D eigenvalue weighted by atomic mass is 10.2. The highest BCUT2D eigenvalue weighted by Crippen LogP contribution is 2.27. The molecule has 1 N–H and O–H groups in total. The van der Waals surface area contributed by atoms with E-state index in [9.17, 15) is 9.59 Å². The van der Waals surface area contributed by atoms with Crippen LogP contribution in [-0.4, -0.2) is 30.5 Å². The number of carbonyl (C=O) groups is 1. The SMILES string of the molecule is Cc1ccc2nc(NC(=O)C(C)n3nc(-n4nc(C)cc4C)ccc3=O)sc2c1. The number of aryl methyl sites for hydroxylation is 3. The summed E-state index contributed by atoms with van der Waals surface area (Å²) in [5.74, 6) is 0.117. The average Bonchev–Trinajstić information content (AvgIpc) is 3.22. The van der Waals surface area contributed by atoms with Crippen LogP contribution in [0.5, 0.6) is 0 Å². The minimum absolute atomic E-state index is 0.360. The molecular formula is C20H20N6O2S. The fourth-order valence-corrected chi connectivity index (χ4v) is 4.04. The summed E-state index contributed by atoms with van der Waals surface area (Å²) in [6.07, 6.45) is 0. The van der Waals surface area contributed by atoms with Gasteiger partial charge in [0.1, 0.15) is 6.04 Å². The van der Waals surface area contributed by atoms with Crippen molar-refractivity contribution in [3.63, 3.8) is 0 Å². The van der Waals surface area contributed by atoms with Gasteiger partial charge < -0.3 is 5.32 Å². The molecule has 0 aliphatic carbocycles. The molecule has 0 spiro atoms. The minimum atomic E-state index is -0.812. The summed E-state index contributed by atoms with van der Waals surface area (Å²) in [6, 6.07) is 10.0. The van der Waals surface area contributed by atoms with Crippen LogP contribution < -0.4 is 10.9 Å². The van der Waals surface area contributed by atoms with E-state index in [0.717, 1.165) is 27.2 Å². The summed E-state index contributed by atoms with van der Waals surface area (Å²) in [6.45, 7) is 7.43. The van der Waals surface area contributed by atoms with E-state index in [-0.39, 0.29) is 11.5 Å². The average molecular weight is 408 g/mol. The van der Waals surface area contributed by atoms with Crippen molar-refractivity contribution >= 4 is 32.6 Å². The molecule has 8 nitrogen and oxygen atoms in total. The lowest BCUT2D eigenvalue weighted by molar-refractivity contribution is -0.119. The number of nitrogens with one attached hydrogen (secondary N) is 1. The third kappa shape index (κ3) is 3.68. The fraction of sp³-hybridized carbons (Fsp3) is 0.250. The number of benzene rings is 1. The van der Waals surface area contributed by atoms with Crippen molar-refractivity contribution in [2.24, 2.45) is 0 Å². The van der Waals surface area contributed by atoms with Gasteiger partial charge in [-0.2, -0.15) is 5.10 Å². The zero-order valence-electron chi connectivity index (χ0n) is 16.5. The van der Waals surface area contributed by atoms with Crippen molar-refractivity contribution in [2.75, 3.05) is 5.32 Å². The summed E-state index contributed by atoms with van der Waals surface area (Å²) in [5, 5.41) is 12.0. The summed E-state index contributed by atoms with van der Waals surface area (Å²) in [7, 11) is 0. The second-order valence-corrected chi connectivity index (χ2v) is 8.00. The molecule has 1 unspecified atom stereocenters. The molecule has 0 fully saturated rings. The Morgan fingerprint density at radius 2 is 1.90 bits per heavy atom. The molecular weight excluding hydrogens is 388 g/mol. The zero-order valence-corrected chi connectivity index (χ0v) is 17.3. The van der Waals surface area contributed by atoms with Gasteiger partial charge in [-0.25, -0.2) is 14.3 Å². The van der Waals surface area contributed by atoms with Crippen molar-refractivity contribution < 1.29 is 4.79 Å². The van der Waals surface area contributed by atoms with Gasteiger partial charge in [0.15, 0.2) is 10.9 Å². The third-order valence-corrected chi connectivity index (χ3v) is 5.49.